The van der Waals surface area contributed by atoms with Crippen LogP contribution in [0.4, 0.5) is 4.39 Å². The molecule has 2 heterocycles. The Morgan fingerprint density at radius 1 is 1.12 bits per heavy atom. The van der Waals surface area contributed by atoms with E-state index in [0.717, 1.165) is 5.69 Å². The van der Waals surface area contributed by atoms with Crippen LogP contribution in [-0.2, 0) is 0 Å². The number of hydrogen-bond donors (Lipinski definition) is 1. The Kier molecular flexibility index (Phi) is 4.59. The fraction of sp³-hybridized carbons (Fsp3) is 0.158. The molecule has 0 bridgehead atoms. The SMILES string of the molecule is COc1ccc(-c2ccc(-c3c(C)[nH]c(C)c(Cl)c3=O)cn2)cc1F. The minimum Gasteiger partial charge on any atom is -0.494 e. The third-order valence-electron chi connectivity index (χ3n) is 4.01. The molecule has 3 aromatic rings. The van der Waals surface area contributed by atoms with Gasteiger partial charge in [-0.25, -0.2) is 4.39 Å². The summed E-state index contributed by atoms with van der Waals surface area (Å²) in [6.07, 6.45) is 1.58. The molecule has 6 heteroatoms. The Labute approximate surface area is 149 Å². The van der Waals surface area contributed by atoms with Gasteiger partial charge < -0.3 is 9.72 Å². The monoisotopic (exact) mass is 358 g/mol. The first-order valence-corrected chi connectivity index (χ1v) is 7.99. The van der Waals surface area contributed by atoms with Crippen LogP contribution >= 0.6 is 11.6 Å². The van der Waals surface area contributed by atoms with Gasteiger partial charge in [-0.05, 0) is 38.1 Å². The molecule has 0 amide bonds. The second kappa shape index (κ2) is 6.69. The first kappa shape index (κ1) is 17.2. The highest BCUT2D eigenvalue weighted by molar-refractivity contribution is 6.31. The quantitative estimate of drug-likeness (QED) is 0.748. The van der Waals surface area contributed by atoms with Crippen LogP contribution in [0.3, 0.4) is 0 Å². The van der Waals surface area contributed by atoms with Gasteiger partial charge in [-0.1, -0.05) is 17.7 Å². The zero-order chi connectivity index (χ0) is 18.1. The van der Waals surface area contributed by atoms with E-state index in [2.05, 4.69) is 9.97 Å². The van der Waals surface area contributed by atoms with Gasteiger partial charge in [0.05, 0.1) is 18.4 Å². The second-order valence-electron chi connectivity index (χ2n) is 5.67. The number of aryl methyl sites for hydroxylation is 2. The van der Waals surface area contributed by atoms with Crippen LogP contribution in [0.25, 0.3) is 22.4 Å². The smallest absolute Gasteiger partial charge is 0.208 e. The van der Waals surface area contributed by atoms with E-state index in [1.54, 1.807) is 37.4 Å². The van der Waals surface area contributed by atoms with Crippen LogP contribution in [0, 0.1) is 19.7 Å². The van der Waals surface area contributed by atoms with Gasteiger partial charge in [-0.2, -0.15) is 0 Å². The van der Waals surface area contributed by atoms with E-state index in [0.29, 0.717) is 28.1 Å². The lowest BCUT2D eigenvalue weighted by atomic mass is 10.0. The molecule has 0 saturated carbocycles. The predicted octanol–water partition coefficient (Wildman–Crippen LogP) is 4.52. The van der Waals surface area contributed by atoms with Gasteiger partial charge in [0.2, 0.25) is 5.43 Å². The Morgan fingerprint density at radius 3 is 2.44 bits per heavy atom. The van der Waals surface area contributed by atoms with Crippen molar-refractivity contribution in [1.82, 2.24) is 9.97 Å². The third-order valence-corrected chi connectivity index (χ3v) is 4.46. The normalized spacial score (nSPS) is 10.8. The molecule has 128 valence electrons. The van der Waals surface area contributed by atoms with E-state index in [4.69, 9.17) is 16.3 Å². The number of nitrogens with zero attached hydrogens (tertiary/aromatic N) is 1. The van der Waals surface area contributed by atoms with Crippen molar-refractivity contribution in [3.63, 3.8) is 0 Å². The number of ether oxygens (including phenoxy) is 1. The van der Waals surface area contributed by atoms with Crippen LogP contribution in [0.5, 0.6) is 5.75 Å². The van der Waals surface area contributed by atoms with Crippen molar-refractivity contribution in [3.8, 4) is 28.1 Å². The number of nitrogens with one attached hydrogen (secondary N) is 1. The number of aromatic amines is 1. The average molecular weight is 359 g/mol. The molecule has 4 nitrogen and oxygen atoms in total. The van der Waals surface area contributed by atoms with E-state index in [-0.39, 0.29) is 16.2 Å². The van der Waals surface area contributed by atoms with Gasteiger partial charge in [0.25, 0.3) is 0 Å². The first-order valence-electron chi connectivity index (χ1n) is 7.61. The lowest BCUT2D eigenvalue weighted by Gasteiger charge is -2.09. The molecule has 1 aromatic carbocycles. The Hall–Kier alpha value is -2.66. The molecule has 0 aliphatic heterocycles. The topological polar surface area (TPSA) is 55.0 Å². The zero-order valence-corrected chi connectivity index (χ0v) is 14.7. The van der Waals surface area contributed by atoms with E-state index in [1.165, 1.54) is 13.2 Å². The Morgan fingerprint density at radius 2 is 1.84 bits per heavy atom. The average Bonchev–Trinajstić information content (AvgIpc) is 2.60. The van der Waals surface area contributed by atoms with E-state index in [9.17, 15) is 9.18 Å². The fourth-order valence-corrected chi connectivity index (χ4v) is 2.88. The zero-order valence-electron chi connectivity index (χ0n) is 14.0. The molecule has 0 fully saturated rings. The van der Waals surface area contributed by atoms with E-state index < -0.39 is 5.82 Å². The summed E-state index contributed by atoms with van der Waals surface area (Å²) in [6.45, 7) is 3.56. The van der Waals surface area contributed by atoms with Crippen molar-refractivity contribution in [1.29, 1.82) is 0 Å². The number of H-pyrrole nitrogens is 1. The van der Waals surface area contributed by atoms with Crippen LogP contribution in [-0.4, -0.2) is 17.1 Å². The Balaban J connectivity index is 2.03. The lowest BCUT2D eigenvalue weighted by molar-refractivity contribution is 0.386. The minimum atomic E-state index is -0.455. The number of benzene rings is 1. The van der Waals surface area contributed by atoms with Gasteiger partial charge in [0.1, 0.15) is 5.02 Å². The number of halogens is 2. The minimum absolute atomic E-state index is 0.168. The highest BCUT2D eigenvalue weighted by Crippen LogP contribution is 2.27. The van der Waals surface area contributed by atoms with Gasteiger partial charge in [0, 0.05) is 28.7 Å². The highest BCUT2D eigenvalue weighted by atomic mass is 35.5. The summed E-state index contributed by atoms with van der Waals surface area (Å²) in [6, 6.07) is 8.15. The summed E-state index contributed by atoms with van der Waals surface area (Å²) in [4.78, 5) is 19.9. The number of rotatable bonds is 3. The van der Waals surface area contributed by atoms with Crippen molar-refractivity contribution < 1.29 is 9.13 Å². The van der Waals surface area contributed by atoms with Crippen molar-refractivity contribution in [2.75, 3.05) is 7.11 Å². The van der Waals surface area contributed by atoms with Crippen molar-refractivity contribution in [3.05, 3.63) is 69.0 Å². The number of aromatic nitrogens is 2. The van der Waals surface area contributed by atoms with Crippen LogP contribution < -0.4 is 10.2 Å². The molecular formula is C19H16ClFN2O2. The molecule has 0 aliphatic rings. The number of methoxy groups -OCH3 is 1. The molecule has 25 heavy (non-hydrogen) atoms. The molecule has 3 rings (SSSR count). The molecule has 0 spiro atoms. The molecule has 0 unspecified atom stereocenters. The summed E-state index contributed by atoms with van der Waals surface area (Å²) in [7, 11) is 1.41. The maximum atomic E-state index is 13.9. The first-order chi connectivity index (χ1) is 11.9. The van der Waals surface area contributed by atoms with Gasteiger partial charge >= 0.3 is 0 Å². The molecule has 0 radical (unpaired) electrons. The molecule has 0 atom stereocenters. The van der Waals surface area contributed by atoms with Crippen molar-refractivity contribution in [2.45, 2.75) is 13.8 Å². The van der Waals surface area contributed by atoms with E-state index in [1.807, 2.05) is 6.92 Å². The van der Waals surface area contributed by atoms with Crippen LogP contribution in [0.15, 0.2) is 41.3 Å². The summed E-state index contributed by atoms with van der Waals surface area (Å²) >= 11 is 6.06. The standard InChI is InChI=1S/C19H16ClFN2O2/c1-10-17(19(24)18(20)11(2)23-10)13-4-6-15(22-9-13)12-5-7-16(25-3)14(21)8-12/h4-9H,1-3H3,(H,23,24). The number of pyridine rings is 2. The second-order valence-corrected chi connectivity index (χ2v) is 6.05. The molecular weight excluding hydrogens is 343 g/mol. The molecule has 2 aromatic heterocycles. The maximum Gasteiger partial charge on any atom is 0.208 e. The predicted molar refractivity (Wildman–Crippen MR) is 96.7 cm³/mol. The Bertz CT molecular complexity index is 998. The van der Waals surface area contributed by atoms with Crippen molar-refractivity contribution >= 4 is 11.6 Å². The van der Waals surface area contributed by atoms with Gasteiger partial charge in [0.15, 0.2) is 11.6 Å². The van der Waals surface area contributed by atoms with Gasteiger partial charge in [-0.15, -0.1) is 0 Å². The fourth-order valence-electron chi connectivity index (χ4n) is 2.73. The van der Waals surface area contributed by atoms with E-state index >= 15 is 0 Å². The summed E-state index contributed by atoms with van der Waals surface area (Å²) in [5.41, 5.74) is 3.47. The number of hydrogen-bond acceptors (Lipinski definition) is 3. The largest absolute Gasteiger partial charge is 0.494 e. The van der Waals surface area contributed by atoms with Crippen LogP contribution in [0.2, 0.25) is 5.02 Å². The molecule has 1 N–H and O–H groups in total. The summed E-state index contributed by atoms with van der Waals surface area (Å²) in [5.74, 6) is -0.277. The maximum absolute atomic E-state index is 13.9. The summed E-state index contributed by atoms with van der Waals surface area (Å²) < 4.78 is 18.8. The molecule has 0 saturated heterocycles. The van der Waals surface area contributed by atoms with Gasteiger partial charge in [-0.3, -0.25) is 9.78 Å². The third kappa shape index (κ3) is 3.15. The van der Waals surface area contributed by atoms with Crippen LogP contribution in [0.1, 0.15) is 11.4 Å². The summed E-state index contributed by atoms with van der Waals surface area (Å²) in [5, 5.41) is 0.168. The van der Waals surface area contributed by atoms with Crippen molar-refractivity contribution in [2.24, 2.45) is 0 Å². The lowest BCUT2D eigenvalue weighted by Crippen LogP contribution is -2.11. The molecule has 0 aliphatic carbocycles. The highest BCUT2D eigenvalue weighted by Gasteiger charge is 2.14.